The Labute approximate surface area is 118 Å². The van der Waals surface area contributed by atoms with E-state index in [-0.39, 0.29) is 18.0 Å². The molecule has 3 heteroatoms. The predicted molar refractivity (Wildman–Crippen MR) is 79.2 cm³/mol. The van der Waals surface area contributed by atoms with E-state index in [0.717, 1.165) is 30.4 Å². The van der Waals surface area contributed by atoms with Crippen molar-refractivity contribution in [1.82, 2.24) is 0 Å². The average molecular weight is 272 g/mol. The third kappa shape index (κ3) is 2.02. The maximum Gasteiger partial charge on any atom is 0.129 e. The summed E-state index contributed by atoms with van der Waals surface area (Å²) in [6, 6.07) is 7.43. The van der Waals surface area contributed by atoms with Crippen molar-refractivity contribution in [2.45, 2.75) is 45.3 Å². The van der Waals surface area contributed by atoms with Crippen LogP contribution in [-0.4, -0.2) is 16.3 Å². The third-order valence-corrected chi connectivity index (χ3v) is 3.95. The molecule has 0 amide bonds. The molecule has 1 aliphatic carbocycles. The first kappa shape index (κ1) is 13.3. The number of ether oxygens (including phenoxy) is 1. The minimum absolute atomic E-state index is 0.0963. The van der Waals surface area contributed by atoms with Gasteiger partial charge in [0, 0.05) is 21.9 Å². The van der Waals surface area contributed by atoms with Gasteiger partial charge in [0.1, 0.15) is 11.5 Å². The standard InChI is InChI=1S/C17H20O3/c1-10(2)20-14-9-5-8-13-15(14)17(19)12-7-4-3-6-11(12)16(13)18/h3-4,6-7,10,14,18-19H,5,8-9H2,1-2H3. The Morgan fingerprint density at radius 3 is 2.40 bits per heavy atom. The van der Waals surface area contributed by atoms with Crippen LogP contribution in [0.5, 0.6) is 11.5 Å². The van der Waals surface area contributed by atoms with Gasteiger partial charge in [0.15, 0.2) is 0 Å². The fourth-order valence-corrected chi connectivity index (χ4v) is 3.15. The van der Waals surface area contributed by atoms with Gasteiger partial charge >= 0.3 is 0 Å². The highest BCUT2D eigenvalue weighted by molar-refractivity contribution is 5.95. The molecule has 0 saturated carbocycles. The summed E-state index contributed by atoms with van der Waals surface area (Å²) in [4.78, 5) is 0. The highest BCUT2D eigenvalue weighted by Gasteiger charge is 2.29. The molecule has 0 heterocycles. The van der Waals surface area contributed by atoms with Crippen LogP contribution in [0.4, 0.5) is 0 Å². The van der Waals surface area contributed by atoms with Crippen molar-refractivity contribution in [3.8, 4) is 11.5 Å². The van der Waals surface area contributed by atoms with E-state index in [1.165, 1.54) is 0 Å². The van der Waals surface area contributed by atoms with E-state index in [1.54, 1.807) is 0 Å². The van der Waals surface area contributed by atoms with Gasteiger partial charge in [-0.25, -0.2) is 0 Å². The quantitative estimate of drug-likeness (QED) is 0.811. The van der Waals surface area contributed by atoms with Crippen molar-refractivity contribution in [1.29, 1.82) is 0 Å². The zero-order chi connectivity index (χ0) is 14.3. The molecule has 0 radical (unpaired) electrons. The number of rotatable bonds is 2. The summed E-state index contributed by atoms with van der Waals surface area (Å²) in [5.74, 6) is 0.559. The first-order chi connectivity index (χ1) is 9.59. The topological polar surface area (TPSA) is 49.7 Å². The number of hydrogen-bond donors (Lipinski definition) is 2. The van der Waals surface area contributed by atoms with Crippen LogP contribution in [0.2, 0.25) is 0 Å². The van der Waals surface area contributed by atoms with Gasteiger partial charge in [0.25, 0.3) is 0 Å². The average Bonchev–Trinajstić information content (AvgIpc) is 2.44. The van der Waals surface area contributed by atoms with Gasteiger partial charge in [-0.1, -0.05) is 24.3 Å². The molecule has 2 aromatic rings. The predicted octanol–water partition coefficient (Wildman–Crippen LogP) is 4.05. The normalized spacial score (nSPS) is 18.4. The van der Waals surface area contributed by atoms with Crippen LogP contribution in [-0.2, 0) is 11.2 Å². The summed E-state index contributed by atoms with van der Waals surface area (Å²) < 4.78 is 5.93. The van der Waals surface area contributed by atoms with Crippen LogP contribution in [0.15, 0.2) is 24.3 Å². The van der Waals surface area contributed by atoms with E-state index in [1.807, 2.05) is 38.1 Å². The second-order valence-corrected chi connectivity index (χ2v) is 5.70. The van der Waals surface area contributed by atoms with Gasteiger partial charge in [-0.3, -0.25) is 0 Å². The summed E-state index contributed by atoms with van der Waals surface area (Å²) in [7, 11) is 0. The summed E-state index contributed by atoms with van der Waals surface area (Å²) in [5, 5.41) is 22.5. The van der Waals surface area contributed by atoms with Gasteiger partial charge < -0.3 is 14.9 Å². The number of benzene rings is 2. The van der Waals surface area contributed by atoms with Crippen molar-refractivity contribution in [3.05, 3.63) is 35.4 Å². The minimum Gasteiger partial charge on any atom is -0.507 e. The van der Waals surface area contributed by atoms with E-state index in [4.69, 9.17) is 4.74 Å². The SMILES string of the molecule is CC(C)OC1CCCc2c1c(O)c1ccccc1c2O. The maximum atomic E-state index is 10.6. The van der Waals surface area contributed by atoms with Crippen molar-refractivity contribution in [2.24, 2.45) is 0 Å². The molecule has 1 unspecified atom stereocenters. The van der Waals surface area contributed by atoms with Crippen LogP contribution in [0.1, 0.15) is 43.9 Å². The van der Waals surface area contributed by atoms with Gasteiger partial charge in [0.2, 0.25) is 0 Å². The third-order valence-electron chi connectivity index (χ3n) is 3.95. The maximum absolute atomic E-state index is 10.6. The molecule has 0 aromatic heterocycles. The Morgan fingerprint density at radius 2 is 1.75 bits per heavy atom. The van der Waals surface area contributed by atoms with Gasteiger partial charge in [0.05, 0.1) is 12.2 Å². The number of phenolic OH excluding ortho intramolecular Hbond substituents is 2. The van der Waals surface area contributed by atoms with E-state index in [0.29, 0.717) is 16.5 Å². The van der Waals surface area contributed by atoms with E-state index in [2.05, 4.69) is 0 Å². The number of fused-ring (bicyclic) bond motifs is 2. The molecule has 1 atom stereocenters. The van der Waals surface area contributed by atoms with Crippen LogP contribution in [0, 0.1) is 0 Å². The molecular formula is C17H20O3. The molecule has 0 aliphatic heterocycles. The molecule has 0 fully saturated rings. The largest absolute Gasteiger partial charge is 0.507 e. The summed E-state index contributed by atoms with van der Waals surface area (Å²) in [6.45, 7) is 3.98. The molecule has 0 saturated heterocycles. The number of hydrogen-bond acceptors (Lipinski definition) is 3. The number of aromatic hydroxyl groups is 2. The summed E-state index contributed by atoms with van der Waals surface area (Å²) in [5.41, 5.74) is 1.62. The zero-order valence-electron chi connectivity index (χ0n) is 11.9. The van der Waals surface area contributed by atoms with Crippen LogP contribution in [0.25, 0.3) is 10.8 Å². The first-order valence-corrected chi connectivity index (χ1v) is 7.20. The van der Waals surface area contributed by atoms with E-state index < -0.39 is 0 Å². The lowest BCUT2D eigenvalue weighted by Gasteiger charge is -2.29. The summed E-state index contributed by atoms with van der Waals surface area (Å²) in [6.07, 6.45) is 2.61. The lowest BCUT2D eigenvalue weighted by atomic mass is 9.85. The molecule has 2 N–H and O–H groups in total. The Bertz CT molecular complexity index is 646. The van der Waals surface area contributed by atoms with Crippen LogP contribution < -0.4 is 0 Å². The highest BCUT2D eigenvalue weighted by Crippen LogP contribution is 2.47. The highest BCUT2D eigenvalue weighted by atomic mass is 16.5. The minimum atomic E-state index is -0.130. The van der Waals surface area contributed by atoms with Crippen LogP contribution >= 0.6 is 0 Å². The van der Waals surface area contributed by atoms with Gasteiger partial charge in [-0.15, -0.1) is 0 Å². The van der Waals surface area contributed by atoms with Gasteiger partial charge in [-0.05, 0) is 33.1 Å². The summed E-state index contributed by atoms with van der Waals surface area (Å²) >= 11 is 0. The fourth-order valence-electron chi connectivity index (χ4n) is 3.15. The van der Waals surface area contributed by atoms with Gasteiger partial charge in [-0.2, -0.15) is 0 Å². The molecule has 1 aliphatic rings. The molecule has 0 spiro atoms. The molecule has 3 nitrogen and oxygen atoms in total. The Morgan fingerprint density at radius 1 is 1.10 bits per heavy atom. The smallest absolute Gasteiger partial charge is 0.129 e. The van der Waals surface area contributed by atoms with E-state index >= 15 is 0 Å². The van der Waals surface area contributed by atoms with Crippen molar-refractivity contribution < 1.29 is 14.9 Å². The monoisotopic (exact) mass is 272 g/mol. The first-order valence-electron chi connectivity index (χ1n) is 7.20. The molecule has 106 valence electrons. The lowest BCUT2D eigenvalue weighted by molar-refractivity contribution is -0.00425. The second-order valence-electron chi connectivity index (χ2n) is 5.70. The molecular weight excluding hydrogens is 252 g/mol. The second kappa shape index (κ2) is 4.98. The van der Waals surface area contributed by atoms with Crippen LogP contribution in [0.3, 0.4) is 0 Å². The lowest BCUT2D eigenvalue weighted by Crippen LogP contribution is -2.17. The fraction of sp³-hybridized carbons (Fsp3) is 0.412. The molecule has 0 bridgehead atoms. The van der Waals surface area contributed by atoms with Crippen molar-refractivity contribution in [3.63, 3.8) is 0 Å². The van der Waals surface area contributed by atoms with E-state index in [9.17, 15) is 10.2 Å². The Balaban J connectivity index is 2.25. The van der Waals surface area contributed by atoms with Crippen molar-refractivity contribution in [2.75, 3.05) is 0 Å². The molecule has 20 heavy (non-hydrogen) atoms. The van der Waals surface area contributed by atoms with Crippen molar-refractivity contribution >= 4 is 10.8 Å². The number of phenols is 2. The molecule has 3 rings (SSSR count). The zero-order valence-corrected chi connectivity index (χ0v) is 11.9. The Hall–Kier alpha value is -1.74. The molecule has 2 aromatic carbocycles. The Kier molecular flexibility index (Phi) is 3.30.